The lowest BCUT2D eigenvalue weighted by molar-refractivity contribution is 0.291. The van der Waals surface area contributed by atoms with Crippen LogP contribution in [0.25, 0.3) is 0 Å². The summed E-state index contributed by atoms with van der Waals surface area (Å²) in [6.07, 6.45) is 20.1. The van der Waals surface area contributed by atoms with Gasteiger partial charge in [0.25, 0.3) is 0 Å². The van der Waals surface area contributed by atoms with Gasteiger partial charge in [-0.25, -0.2) is 0 Å². The van der Waals surface area contributed by atoms with E-state index in [9.17, 15) is 0 Å². The summed E-state index contributed by atoms with van der Waals surface area (Å²) in [5, 5.41) is 0. The molecule has 17 heavy (non-hydrogen) atoms. The Morgan fingerprint density at radius 3 is 2.59 bits per heavy atom. The lowest BCUT2D eigenvalue weighted by Crippen LogP contribution is -2.15. The third kappa shape index (κ3) is 4.16. The first-order valence-corrected chi connectivity index (χ1v) is 8.09. The number of hydrogen-bond acceptors (Lipinski definition) is 0. The molecule has 1 fully saturated rings. The fraction of sp³-hybridized carbons (Fsp3) is 0.882. The topological polar surface area (TPSA) is 0 Å². The zero-order valence-corrected chi connectivity index (χ0v) is 11.7. The van der Waals surface area contributed by atoms with E-state index in [1.54, 1.807) is 0 Å². The van der Waals surface area contributed by atoms with E-state index in [1.165, 1.54) is 77.0 Å². The minimum Gasteiger partial charge on any atom is -0.0851 e. The molecule has 0 nitrogen and oxygen atoms in total. The van der Waals surface area contributed by atoms with Gasteiger partial charge in [0.15, 0.2) is 0 Å². The fourth-order valence-corrected chi connectivity index (χ4v) is 3.86. The zero-order chi connectivity index (χ0) is 11.9. The quantitative estimate of drug-likeness (QED) is 0.522. The summed E-state index contributed by atoms with van der Waals surface area (Å²) in [6, 6.07) is 0. The van der Waals surface area contributed by atoms with Crippen LogP contribution in [0.1, 0.15) is 84.0 Å². The van der Waals surface area contributed by atoms with E-state index in [0.717, 1.165) is 11.8 Å². The van der Waals surface area contributed by atoms with Crippen molar-refractivity contribution in [2.45, 2.75) is 84.0 Å². The summed E-state index contributed by atoms with van der Waals surface area (Å²) in [7, 11) is 0. The van der Waals surface area contributed by atoms with Crippen LogP contribution >= 0.6 is 0 Å². The second-order valence-electron chi connectivity index (χ2n) is 6.25. The molecule has 2 aliphatic rings. The summed E-state index contributed by atoms with van der Waals surface area (Å²) in [6.45, 7) is 2.36. The molecule has 0 aromatic carbocycles. The highest BCUT2D eigenvalue weighted by Crippen LogP contribution is 2.36. The zero-order valence-electron chi connectivity index (χ0n) is 11.7. The van der Waals surface area contributed by atoms with Gasteiger partial charge in [0.05, 0.1) is 0 Å². The molecule has 0 aromatic rings. The molecule has 0 aliphatic heterocycles. The van der Waals surface area contributed by atoms with E-state index in [4.69, 9.17) is 0 Å². The van der Waals surface area contributed by atoms with Gasteiger partial charge < -0.3 is 0 Å². The Labute approximate surface area is 108 Å². The van der Waals surface area contributed by atoms with E-state index >= 15 is 0 Å². The normalized spacial score (nSPS) is 24.4. The highest BCUT2D eigenvalue weighted by atomic mass is 14.3. The lowest BCUT2D eigenvalue weighted by atomic mass is 9.77. The van der Waals surface area contributed by atoms with Crippen molar-refractivity contribution in [3.63, 3.8) is 0 Å². The molecule has 2 rings (SSSR count). The molecular weight excluding hydrogens is 204 g/mol. The Bertz CT molecular complexity index is 232. The van der Waals surface area contributed by atoms with Crippen LogP contribution in [0.5, 0.6) is 0 Å². The molecule has 1 saturated carbocycles. The Hall–Kier alpha value is -0.260. The van der Waals surface area contributed by atoms with Crippen LogP contribution in [0.3, 0.4) is 0 Å². The van der Waals surface area contributed by atoms with Crippen molar-refractivity contribution in [3.8, 4) is 0 Å². The first-order valence-electron chi connectivity index (χ1n) is 8.09. The maximum atomic E-state index is 2.59. The van der Waals surface area contributed by atoms with Crippen LogP contribution < -0.4 is 0 Å². The Balaban J connectivity index is 1.88. The van der Waals surface area contributed by atoms with E-state index in [2.05, 4.69) is 13.0 Å². The van der Waals surface area contributed by atoms with Gasteiger partial charge in [0, 0.05) is 0 Å². The van der Waals surface area contributed by atoms with E-state index in [-0.39, 0.29) is 0 Å². The van der Waals surface area contributed by atoms with Crippen LogP contribution in [0.4, 0.5) is 0 Å². The first kappa shape index (κ1) is 13.2. The van der Waals surface area contributed by atoms with Crippen molar-refractivity contribution in [2.24, 2.45) is 11.8 Å². The van der Waals surface area contributed by atoms with Crippen LogP contribution in [0.15, 0.2) is 11.6 Å². The Kier molecular flexibility index (Phi) is 5.61. The molecule has 0 heteroatoms. The highest BCUT2D eigenvalue weighted by Gasteiger charge is 2.21. The van der Waals surface area contributed by atoms with Gasteiger partial charge in [0.1, 0.15) is 0 Å². The summed E-state index contributed by atoms with van der Waals surface area (Å²) in [4.78, 5) is 0. The molecule has 98 valence electrons. The van der Waals surface area contributed by atoms with Gasteiger partial charge >= 0.3 is 0 Å². The molecule has 1 unspecified atom stereocenters. The van der Waals surface area contributed by atoms with Gasteiger partial charge in [-0.3, -0.25) is 0 Å². The molecule has 0 spiro atoms. The first-order chi connectivity index (χ1) is 8.40. The second kappa shape index (κ2) is 7.24. The van der Waals surface area contributed by atoms with Crippen LogP contribution in [-0.4, -0.2) is 0 Å². The summed E-state index contributed by atoms with van der Waals surface area (Å²) < 4.78 is 0. The second-order valence-corrected chi connectivity index (χ2v) is 6.25. The van der Waals surface area contributed by atoms with E-state index < -0.39 is 0 Å². The monoisotopic (exact) mass is 234 g/mol. The van der Waals surface area contributed by atoms with Crippen molar-refractivity contribution in [3.05, 3.63) is 11.6 Å². The van der Waals surface area contributed by atoms with Gasteiger partial charge in [-0.05, 0) is 50.4 Å². The highest BCUT2D eigenvalue weighted by molar-refractivity contribution is 5.09. The predicted octanol–water partition coefficient (Wildman–Crippen LogP) is 5.87. The van der Waals surface area contributed by atoms with Crippen LogP contribution in [0, 0.1) is 11.8 Å². The maximum absolute atomic E-state index is 2.59. The van der Waals surface area contributed by atoms with Gasteiger partial charge in [-0.1, -0.05) is 57.1 Å². The molecule has 1 atom stereocenters. The van der Waals surface area contributed by atoms with Gasteiger partial charge in [-0.2, -0.15) is 0 Å². The molecule has 0 radical (unpaired) electrons. The Morgan fingerprint density at radius 1 is 1.12 bits per heavy atom. The summed E-state index contributed by atoms with van der Waals surface area (Å²) in [5.41, 5.74) is 1.84. The van der Waals surface area contributed by atoms with Crippen molar-refractivity contribution < 1.29 is 0 Å². The molecule has 0 heterocycles. The number of rotatable bonds is 5. The van der Waals surface area contributed by atoms with Gasteiger partial charge in [0.2, 0.25) is 0 Å². The molecule has 0 N–H and O–H groups in total. The largest absolute Gasteiger partial charge is 0.0851 e. The minimum absolute atomic E-state index is 0.948. The summed E-state index contributed by atoms with van der Waals surface area (Å²) >= 11 is 0. The van der Waals surface area contributed by atoms with Crippen molar-refractivity contribution in [1.82, 2.24) is 0 Å². The average Bonchev–Trinajstić information content (AvgIpc) is 2.40. The third-order valence-corrected chi connectivity index (χ3v) is 4.83. The maximum Gasteiger partial charge on any atom is -0.0201 e. The molecule has 0 amide bonds. The minimum atomic E-state index is 0.948. The SMILES string of the molecule is CCCC(CC1CCCCC1)C1=CCCCC1. The number of hydrogen-bond donors (Lipinski definition) is 0. The molecule has 0 saturated heterocycles. The average molecular weight is 234 g/mol. The molecular formula is C17H30. The number of allylic oxidation sites excluding steroid dienone is 2. The van der Waals surface area contributed by atoms with E-state index in [0.29, 0.717) is 0 Å². The van der Waals surface area contributed by atoms with Crippen molar-refractivity contribution in [2.75, 3.05) is 0 Å². The van der Waals surface area contributed by atoms with Crippen LogP contribution in [0.2, 0.25) is 0 Å². The molecule has 2 aliphatic carbocycles. The molecule has 0 aromatic heterocycles. The Morgan fingerprint density at radius 2 is 1.94 bits per heavy atom. The van der Waals surface area contributed by atoms with Crippen molar-refractivity contribution >= 4 is 0 Å². The standard InChI is InChI=1S/C17H30/c1-2-9-17(16-12-7-4-8-13-16)14-15-10-5-3-6-11-15/h12,15,17H,2-11,13-14H2,1H3. The molecule has 0 bridgehead atoms. The van der Waals surface area contributed by atoms with Crippen LogP contribution in [-0.2, 0) is 0 Å². The van der Waals surface area contributed by atoms with E-state index in [1.807, 2.05) is 5.57 Å². The lowest BCUT2D eigenvalue weighted by Gasteiger charge is -2.29. The smallest absolute Gasteiger partial charge is 0.0201 e. The fourth-order valence-electron chi connectivity index (χ4n) is 3.86. The summed E-state index contributed by atoms with van der Waals surface area (Å²) in [5.74, 6) is 2.01. The predicted molar refractivity (Wildman–Crippen MR) is 76.1 cm³/mol. The van der Waals surface area contributed by atoms with Gasteiger partial charge in [-0.15, -0.1) is 0 Å². The third-order valence-electron chi connectivity index (χ3n) is 4.83. The van der Waals surface area contributed by atoms with Crippen molar-refractivity contribution in [1.29, 1.82) is 0 Å².